The van der Waals surface area contributed by atoms with Crippen LogP contribution in [0.15, 0.2) is 41.8 Å². The van der Waals surface area contributed by atoms with Gasteiger partial charge in [-0.3, -0.25) is 9.36 Å². The smallest absolute Gasteiger partial charge is 0.251 e. The Balaban J connectivity index is 1.49. The van der Waals surface area contributed by atoms with Crippen molar-refractivity contribution in [3.05, 3.63) is 42.2 Å². The van der Waals surface area contributed by atoms with E-state index in [0.717, 1.165) is 30.1 Å². The van der Waals surface area contributed by atoms with Crippen molar-refractivity contribution in [1.82, 2.24) is 14.9 Å². The van der Waals surface area contributed by atoms with E-state index >= 15 is 0 Å². The van der Waals surface area contributed by atoms with Crippen LogP contribution in [0.4, 0.5) is 0 Å². The monoisotopic (exact) mass is 403 g/mol. The van der Waals surface area contributed by atoms with Gasteiger partial charge in [-0.2, -0.15) is 0 Å². The molecule has 1 saturated heterocycles. The van der Waals surface area contributed by atoms with Crippen molar-refractivity contribution in [1.29, 1.82) is 0 Å². The predicted octanol–water partition coefficient (Wildman–Crippen LogP) is 3.89. The maximum absolute atomic E-state index is 12.4. The van der Waals surface area contributed by atoms with Gasteiger partial charge in [0, 0.05) is 35.6 Å². The minimum absolute atomic E-state index is 0.0112. The molecule has 0 saturated carbocycles. The van der Waals surface area contributed by atoms with Gasteiger partial charge in [0.05, 0.1) is 13.2 Å². The zero-order valence-corrected chi connectivity index (χ0v) is 17.6. The molecular weight excluding hydrogens is 374 g/mol. The molecule has 7 heteroatoms. The van der Waals surface area contributed by atoms with E-state index in [9.17, 15) is 4.79 Å². The number of amides is 1. The fourth-order valence-electron chi connectivity index (χ4n) is 3.43. The van der Waals surface area contributed by atoms with Crippen LogP contribution >= 0.6 is 11.8 Å². The molecule has 1 aliphatic heterocycles. The van der Waals surface area contributed by atoms with E-state index in [4.69, 9.17) is 9.47 Å². The van der Waals surface area contributed by atoms with Crippen molar-refractivity contribution in [2.75, 3.05) is 26.0 Å². The molecule has 0 aliphatic carbocycles. The van der Waals surface area contributed by atoms with Gasteiger partial charge in [0.2, 0.25) is 0 Å². The molecule has 0 unspecified atom stereocenters. The van der Waals surface area contributed by atoms with Crippen LogP contribution in [0, 0.1) is 5.41 Å². The molecule has 2 aromatic rings. The molecule has 1 amide bonds. The number of benzene rings is 1. The van der Waals surface area contributed by atoms with Crippen molar-refractivity contribution in [3.63, 3.8) is 0 Å². The van der Waals surface area contributed by atoms with E-state index in [-0.39, 0.29) is 17.6 Å². The molecule has 2 heterocycles. The zero-order chi connectivity index (χ0) is 20.0. The molecule has 3 rings (SSSR count). The minimum atomic E-state index is -0.130. The quantitative estimate of drug-likeness (QED) is 0.508. The normalized spacial score (nSPS) is 16.8. The molecule has 1 aromatic heterocycles. The van der Waals surface area contributed by atoms with E-state index in [1.165, 1.54) is 0 Å². The van der Waals surface area contributed by atoms with Gasteiger partial charge < -0.3 is 14.8 Å². The number of carbonyl (C=O) groups excluding carboxylic acids is 1. The summed E-state index contributed by atoms with van der Waals surface area (Å²) in [6, 6.07) is 7.59. The largest absolute Gasteiger partial charge is 0.352 e. The summed E-state index contributed by atoms with van der Waals surface area (Å²) in [5.74, 6) is -0.0474. The molecule has 0 radical (unpaired) electrons. The number of aromatic nitrogens is 2. The van der Waals surface area contributed by atoms with Gasteiger partial charge in [-0.1, -0.05) is 25.6 Å². The summed E-state index contributed by atoms with van der Waals surface area (Å²) in [6.07, 6.45) is 8.39. The number of imidazole rings is 1. The third-order valence-electron chi connectivity index (χ3n) is 5.41. The molecule has 1 aromatic carbocycles. The van der Waals surface area contributed by atoms with E-state index in [1.54, 1.807) is 18.0 Å². The van der Waals surface area contributed by atoms with E-state index in [1.807, 2.05) is 41.3 Å². The van der Waals surface area contributed by atoms with Crippen molar-refractivity contribution in [3.8, 4) is 5.69 Å². The maximum Gasteiger partial charge on any atom is 0.251 e. The fourth-order valence-corrected chi connectivity index (χ4v) is 3.96. The lowest BCUT2D eigenvalue weighted by Crippen LogP contribution is -2.34. The second-order valence-electron chi connectivity index (χ2n) is 7.27. The number of carbonyl (C=O) groups is 1. The first-order valence-corrected chi connectivity index (χ1v) is 11.0. The number of nitrogens with one attached hydrogen (secondary N) is 1. The summed E-state index contributed by atoms with van der Waals surface area (Å²) in [5.41, 5.74) is 1.65. The molecule has 1 atom stereocenters. The van der Waals surface area contributed by atoms with Crippen LogP contribution in [-0.4, -0.2) is 47.8 Å². The van der Waals surface area contributed by atoms with E-state index < -0.39 is 0 Å². The highest BCUT2D eigenvalue weighted by Gasteiger charge is 2.36. The summed E-state index contributed by atoms with van der Waals surface area (Å²) in [6.45, 7) is 6.34. The third-order valence-corrected chi connectivity index (χ3v) is 6.07. The van der Waals surface area contributed by atoms with Crippen LogP contribution in [-0.2, 0) is 9.47 Å². The molecular formula is C21H29N3O3S. The highest BCUT2D eigenvalue weighted by Crippen LogP contribution is 2.35. The summed E-state index contributed by atoms with van der Waals surface area (Å²) in [7, 11) is 0. The summed E-state index contributed by atoms with van der Waals surface area (Å²) in [4.78, 5) is 16.7. The summed E-state index contributed by atoms with van der Waals surface area (Å²) < 4.78 is 13.4. The van der Waals surface area contributed by atoms with Crippen LogP contribution < -0.4 is 5.32 Å². The van der Waals surface area contributed by atoms with Gasteiger partial charge in [0.15, 0.2) is 11.4 Å². The van der Waals surface area contributed by atoms with Gasteiger partial charge in [-0.15, -0.1) is 0 Å². The first-order valence-electron chi connectivity index (χ1n) is 9.76. The van der Waals surface area contributed by atoms with Crippen molar-refractivity contribution in [2.24, 2.45) is 5.41 Å². The van der Waals surface area contributed by atoms with Gasteiger partial charge in [0.1, 0.15) is 0 Å². The number of ether oxygens (including phenoxy) is 2. The van der Waals surface area contributed by atoms with E-state index in [0.29, 0.717) is 25.3 Å². The Hall–Kier alpha value is -1.83. The van der Waals surface area contributed by atoms with E-state index in [2.05, 4.69) is 24.1 Å². The molecule has 28 heavy (non-hydrogen) atoms. The topological polar surface area (TPSA) is 65.4 Å². The molecule has 152 valence electrons. The Labute approximate surface area is 171 Å². The third kappa shape index (κ3) is 4.77. The lowest BCUT2D eigenvalue weighted by molar-refractivity contribution is -0.131. The predicted molar refractivity (Wildman–Crippen MR) is 111 cm³/mol. The van der Waals surface area contributed by atoms with Crippen LogP contribution in [0.1, 0.15) is 43.5 Å². The Kier molecular flexibility index (Phi) is 7.15. The number of rotatable bonds is 9. The van der Waals surface area contributed by atoms with Crippen LogP contribution in [0.5, 0.6) is 0 Å². The molecule has 1 fully saturated rings. The minimum Gasteiger partial charge on any atom is -0.352 e. The van der Waals surface area contributed by atoms with Crippen molar-refractivity contribution < 1.29 is 14.3 Å². The average Bonchev–Trinajstić information content (AvgIpc) is 3.43. The summed E-state index contributed by atoms with van der Waals surface area (Å²) >= 11 is 1.59. The second kappa shape index (κ2) is 9.58. The van der Waals surface area contributed by atoms with Gasteiger partial charge in [-0.25, -0.2) is 4.98 Å². The Morgan fingerprint density at radius 1 is 1.32 bits per heavy atom. The van der Waals surface area contributed by atoms with Crippen molar-refractivity contribution in [2.45, 2.75) is 44.6 Å². The zero-order valence-electron chi connectivity index (χ0n) is 16.8. The Bertz CT molecular complexity index is 771. The lowest BCUT2D eigenvalue weighted by atomic mass is 9.82. The number of hydrogen-bond donors (Lipinski definition) is 1. The van der Waals surface area contributed by atoms with Crippen molar-refractivity contribution >= 4 is 17.7 Å². The number of nitrogens with zero attached hydrogens (tertiary/aromatic N) is 2. The second-order valence-corrected chi connectivity index (χ2v) is 8.04. The Morgan fingerprint density at radius 2 is 2.04 bits per heavy atom. The van der Waals surface area contributed by atoms with Gasteiger partial charge in [0.25, 0.3) is 5.91 Å². The maximum atomic E-state index is 12.4. The standard InChI is InChI=1S/C21H29N3O3S/c1-4-21(2,19-26-14-15-27-19)10-5-11-22-18(25)16-6-8-17(9-7-16)24-13-12-23-20(24)28-3/h6-9,12-13,19H,4-5,10-11,14-15H2,1-3H3,(H,22,25)/t21-/m0/s1. The van der Waals surface area contributed by atoms with Crippen LogP contribution in [0.3, 0.4) is 0 Å². The molecule has 1 N–H and O–H groups in total. The van der Waals surface area contributed by atoms with Gasteiger partial charge in [-0.05, 0) is 49.8 Å². The molecule has 0 bridgehead atoms. The lowest BCUT2D eigenvalue weighted by Gasteiger charge is -2.33. The number of hydrogen-bond acceptors (Lipinski definition) is 5. The summed E-state index contributed by atoms with van der Waals surface area (Å²) in [5, 5.41) is 3.94. The van der Waals surface area contributed by atoms with Gasteiger partial charge >= 0.3 is 0 Å². The average molecular weight is 404 g/mol. The highest BCUT2D eigenvalue weighted by atomic mass is 32.2. The first kappa shape index (κ1) is 20.9. The fraction of sp³-hybridized carbons (Fsp3) is 0.524. The number of thioether (sulfide) groups is 1. The van der Waals surface area contributed by atoms with Crippen LogP contribution in [0.25, 0.3) is 5.69 Å². The SMILES string of the molecule is CC[C@@](C)(CCCNC(=O)c1ccc(-n2ccnc2SC)cc1)C1OCCO1. The molecule has 0 spiro atoms. The molecule has 6 nitrogen and oxygen atoms in total. The highest BCUT2D eigenvalue weighted by molar-refractivity contribution is 7.98. The molecule has 1 aliphatic rings. The first-order chi connectivity index (χ1) is 13.6. The Morgan fingerprint density at radius 3 is 2.68 bits per heavy atom. The van der Waals surface area contributed by atoms with Crippen LogP contribution in [0.2, 0.25) is 0 Å².